The van der Waals surface area contributed by atoms with Crippen LogP contribution in [0.5, 0.6) is 0 Å². The lowest BCUT2D eigenvalue weighted by Crippen LogP contribution is -2.07. The molecular weight excluding hydrogens is 322 g/mol. The first-order chi connectivity index (χ1) is 9.47. The largest absolute Gasteiger partial charge is 0.393 e. The molecule has 5 nitrogen and oxygen atoms in total. The van der Waals surface area contributed by atoms with E-state index in [2.05, 4.69) is 21.2 Å². The Hall–Kier alpha value is -2.08. The molecule has 0 radical (unpaired) electrons. The van der Waals surface area contributed by atoms with Crippen LogP contribution in [0.15, 0.2) is 46.9 Å². The molecule has 1 atom stereocenters. The number of nitrogens with two attached hydrogens (primary N) is 1. The first kappa shape index (κ1) is 14.3. The van der Waals surface area contributed by atoms with Crippen LogP contribution in [0.2, 0.25) is 0 Å². The molecule has 6 heteroatoms. The topological polar surface area (TPSA) is 81.2 Å². The fourth-order valence-electron chi connectivity index (χ4n) is 1.90. The summed E-state index contributed by atoms with van der Waals surface area (Å²) in [5.74, 6) is 0. The number of benzene rings is 2. The number of hydrogen-bond acceptors (Lipinski definition) is 4. The summed E-state index contributed by atoms with van der Waals surface area (Å²) in [6, 6.07) is 12.7. The van der Waals surface area contributed by atoms with Gasteiger partial charge in [-0.15, -0.1) is 0 Å². The van der Waals surface area contributed by atoms with E-state index in [0.29, 0.717) is 0 Å². The molecule has 0 fully saturated rings. The molecule has 104 valence electrons. The van der Waals surface area contributed by atoms with Crippen molar-refractivity contribution in [3.05, 3.63) is 62.6 Å². The molecular formula is C14H14BrN3O2. The third-order valence-corrected chi connectivity index (χ3v) is 3.51. The van der Waals surface area contributed by atoms with Crippen molar-refractivity contribution in [1.29, 1.82) is 0 Å². The maximum absolute atomic E-state index is 10.7. The standard InChI is InChI=1S/C14H14BrN3O2/c1-9(10-2-4-11(15)5-3-10)17-12-6-7-14(18(19)20)13(16)8-12/h2-9,17H,16H2,1H3. The van der Waals surface area contributed by atoms with Crippen LogP contribution in [0.1, 0.15) is 18.5 Å². The second-order valence-corrected chi connectivity index (χ2v) is 5.36. The number of nitro benzene ring substituents is 1. The Morgan fingerprint density at radius 3 is 2.45 bits per heavy atom. The number of hydrogen-bond donors (Lipinski definition) is 2. The quantitative estimate of drug-likeness (QED) is 0.500. The van der Waals surface area contributed by atoms with Crippen molar-refractivity contribution in [2.45, 2.75) is 13.0 Å². The Kier molecular flexibility index (Phi) is 4.24. The van der Waals surface area contributed by atoms with Gasteiger partial charge in [0.25, 0.3) is 5.69 Å². The summed E-state index contributed by atoms with van der Waals surface area (Å²) in [6.07, 6.45) is 0. The Balaban J connectivity index is 2.15. The Labute approximate surface area is 125 Å². The van der Waals surface area contributed by atoms with E-state index in [1.807, 2.05) is 31.2 Å². The maximum atomic E-state index is 10.7. The SMILES string of the molecule is CC(Nc1ccc([N+](=O)[O-])c(N)c1)c1ccc(Br)cc1. The highest BCUT2D eigenvalue weighted by Gasteiger charge is 2.12. The van der Waals surface area contributed by atoms with Crippen molar-refractivity contribution < 1.29 is 4.92 Å². The summed E-state index contributed by atoms with van der Waals surface area (Å²) >= 11 is 3.39. The highest BCUT2D eigenvalue weighted by molar-refractivity contribution is 9.10. The molecule has 0 aromatic heterocycles. The van der Waals surface area contributed by atoms with Gasteiger partial charge in [0.2, 0.25) is 0 Å². The third-order valence-electron chi connectivity index (χ3n) is 2.98. The molecule has 0 heterocycles. The summed E-state index contributed by atoms with van der Waals surface area (Å²) < 4.78 is 1.02. The Morgan fingerprint density at radius 1 is 1.25 bits per heavy atom. The molecule has 0 aliphatic carbocycles. The molecule has 0 bridgehead atoms. The molecule has 0 saturated heterocycles. The molecule has 2 aromatic carbocycles. The van der Waals surface area contributed by atoms with E-state index >= 15 is 0 Å². The van der Waals surface area contributed by atoms with Gasteiger partial charge in [-0.05, 0) is 36.8 Å². The summed E-state index contributed by atoms with van der Waals surface area (Å²) in [5.41, 5.74) is 7.62. The number of nitrogens with one attached hydrogen (secondary N) is 1. The van der Waals surface area contributed by atoms with Gasteiger partial charge in [-0.3, -0.25) is 10.1 Å². The Bertz CT molecular complexity index is 629. The highest BCUT2D eigenvalue weighted by Crippen LogP contribution is 2.27. The lowest BCUT2D eigenvalue weighted by atomic mass is 10.1. The number of nitrogens with zero attached hydrogens (tertiary/aromatic N) is 1. The van der Waals surface area contributed by atoms with Crippen LogP contribution in [0.3, 0.4) is 0 Å². The van der Waals surface area contributed by atoms with E-state index in [4.69, 9.17) is 5.73 Å². The second-order valence-electron chi connectivity index (χ2n) is 4.45. The fourth-order valence-corrected chi connectivity index (χ4v) is 2.16. The van der Waals surface area contributed by atoms with Crippen LogP contribution in [0.4, 0.5) is 17.1 Å². The van der Waals surface area contributed by atoms with Gasteiger partial charge >= 0.3 is 0 Å². The molecule has 2 aromatic rings. The predicted molar refractivity (Wildman–Crippen MR) is 83.7 cm³/mol. The number of halogens is 1. The summed E-state index contributed by atoms with van der Waals surface area (Å²) in [6.45, 7) is 2.01. The molecule has 0 aliphatic rings. The van der Waals surface area contributed by atoms with Crippen molar-refractivity contribution in [2.75, 3.05) is 11.1 Å². The van der Waals surface area contributed by atoms with Crippen LogP contribution in [0.25, 0.3) is 0 Å². The normalized spacial score (nSPS) is 11.9. The molecule has 1 unspecified atom stereocenters. The van der Waals surface area contributed by atoms with Crippen molar-refractivity contribution in [3.8, 4) is 0 Å². The van der Waals surface area contributed by atoms with Crippen LogP contribution < -0.4 is 11.1 Å². The zero-order valence-corrected chi connectivity index (χ0v) is 12.4. The van der Waals surface area contributed by atoms with Gasteiger partial charge in [-0.1, -0.05) is 28.1 Å². The summed E-state index contributed by atoms with van der Waals surface area (Å²) in [4.78, 5) is 10.2. The minimum absolute atomic E-state index is 0.0731. The summed E-state index contributed by atoms with van der Waals surface area (Å²) in [7, 11) is 0. The average molecular weight is 336 g/mol. The third kappa shape index (κ3) is 3.27. The van der Waals surface area contributed by atoms with E-state index < -0.39 is 4.92 Å². The average Bonchev–Trinajstić information content (AvgIpc) is 2.39. The van der Waals surface area contributed by atoms with E-state index in [1.165, 1.54) is 6.07 Å². The number of anilines is 2. The number of rotatable bonds is 4. The fraction of sp³-hybridized carbons (Fsp3) is 0.143. The lowest BCUT2D eigenvalue weighted by Gasteiger charge is -2.16. The number of nitro groups is 1. The van der Waals surface area contributed by atoms with Gasteiger partial charge in [-0.2, -0.15) is 0 Å². The minimum Gasteiger partial charge on any atom is -0.393 e. The molecule has 0 aliphatic heterocycles. The van der Waals surface area contributed by atoms with Crippen LogP contribution in [0, 0.1) is 10.1 Å². The molecule has 0 spiro atoms. The van der Waals surface area contributed by atoms with Gasteiger partial charge in [0.1, 0.15) is 5.69 Å². The van der Waals surface area contributed by atoms with Crippen LogP contribution in [-0.2, 0) is 0 Å². The second kappa shape index (κ2) is 5.92. The van der Waals surface area contributed by atoms with E-state index in [9.17, 15) is 10.1 Å². The molecule has 2 rings (SSSR count). The predicted octanol–water partition coefficient (Wildman–Crippen LogP) is 4.11. The monoisotopic (exact) mass is 335 g/mol. The van der Waals surface area contributed by atoms with Gasteiger partial charge < -0.3 is 11.1 Å². The molecule has 20 heavy (non-hydrogen) atoms. The summed E-state index contributed by atoms with van der Waals surface area (Å²) in [5, 5.41) is 14.0. The van der Waals surface area contributed by atoms with Crippen molar-refractivity contribution in [2.24, 2.45) is 0 Å². The van der Waals surface area contributed by atoms with Crippen LogP contribution >= 0.6 is 15.9 Å². The van der Waals surface area contributed by atoms with Crippen molar-refractivity contribution in [3.63, 3.8) is 0 Å². The van der Waals surface area contributed by atoms with E-state index in [-0.39, 0.29) is 17.4 Å². The first-order valence-electron chi connectivity index (χ1n) is 6.03. The van der Waals surface area contributed by atoms with Gasteiger partial charge in [0.15, 0.2) is 0 Å². The maximum Gasteiger partial charge on any atom is 0.292 e. The van der Waals surface area contributed by atoms with E-state index in [0.717, 1.165) is 15.7 Å². The molecule has 0 saturated carbocycles. The zero-order valence-electron chi connectivity index (χ0n) is 10.8. The molecule has 0 amide bonds. The van der Waals surface area contributed by atoms with Gasteiger partial charge in [0, 0.05) is 22.3 Å². The highest BCUT2D eigenvalue weighted by atomic mass is 79.9. The van der Waals surface area contributed by atoms with Gasteiger partial charge in [0.05, 0.1) is 4.92 Å². The first-order valence-corrected chi connectivity index (χ1v) is 6.82. The van der Waals surface area contributed by atoms with Gasteiger partial charge in [-0.25, -0.2) is 0 Å². The van der Waals surface area contributed by atoms with Crippen molar-refractivity contribution >= 4 is 33.0 Å². The Morgan fingerprint density at radius 2 is 1.90 bits per heavy atom. The zero-order chi connectivity index (χ0) is 14.7. The lowest BCUT2D eigenvalue weighted by molar-refractivity contribution is -0.383. The van der Waals surface area contributed by atoms with E-state index in [1.54, 1.807) is 12.1 Å². The smallest absolute Gasteiger partial charge is 0.292 e. The van der Waals surface area contributed by atoms with Crippen molar-refractivity contribution in [1.82, 2.24) is 0 Å². The molecule has 3 N–H and O–H groups in total. The van der Waals surface area contributed by atoms with Crippen LogP contribution in [-0.4, -0.2) is 4.92 Å². The number of nitrogen functional groups attached to an aromatic ring is 1. The minimum atomic E-state index is -0.489.